The normalized spacial score (nSPS) is 24.9. The zero-order valence-electron chi connectivity index (χ0n) is 12.1. The van der Waals surface area contributed by atoms with Crippen LogP contribution in [-0.2, 0) is 4.79 Å². The van der Waals surface area contributed by atoms with Crippen molar-refractivity contribution < 1.29 is 4.79 Å². The van der Waals surface area contributed by atoms with E-state index < -0.39 is 0 Å². The molecule has 4 heteroatoms. The van der Waals surface area contributed by atoms with Crippen molar-refractivity contribution in [2.45, 2.75) is 52.1 Å². The molecule has 0 aliphatic carbocycles. The number of hydrogen-bond donors (Lipinski definition) is 1. The summed E-state index contributed by atoms with van der Waals surface area (Å²) in [5.41, 5.74) is 7.64. The molecule has 0 aromatic carbocycles. The van der Waals surface area contributed by atoms with Gasteiger partial charge in [0.15, 0.2) is 0 Å². The molecule has 1 saturated heterocycles. The summed E-state index contributed by atoms with van der Waals surface area (Å²) >= 11 is 1.73. The van der Waals surface area contributed by atoms with Gasteiger partial charge in [-0.1, -0.05) is 13.8 Å². The summed E-state index contributed by atoms with van der Waals surface area (Å²) in [4.78, 5) is 15.7. The molecule has 1 aromatic heterocycles. The van der Waals surface area contributed by atoms with Crippen molar-refractivity contribution >= 4 is 17.2 Å². The molecule has 0 spiro atoms. The molecule has 106 valence electrons. The third-order valence-electron chi connectivity index (χ3n) is 3.72. The largest absolute Gasteiger partial charge is 0.333 e. The number of carbonyl (C=O) groups is 1. The van der Waals surface area contributed by atoms with E-state index in [1.54, 1.807) is 11.3 Å². The standard InChI is InChI=1S/C15H24N2OS/c1-10(2)9-17-13(18)6-4-5-12(16)14(17)15-11(3)7-8-19-15/h7-8,10,12,14H,4-6,9,16H2,1-3H3. The fourth-order valence-corrected chi connectivity index (χ4v) is 3.92. The maximum Gasteiger partial charge on any atom is 0.223 e. The van der Waals surface area contributed by atoms with Crippen LogP contribution in [0.1, 0.15) is 49.6 Å². The quantitative estimate of drug-likeness (QED) is 0.925. The molecule has 0 radical (unpaired) electrons. The number of carbonyl (C=O) groups excluding carboxylic acids is 1. The van der Waals surface area contributed by atoms with E-state index in [0.29, 0.717) is 12.3 Å². The molecule has 3 nitrogen and oxygen atoms in total. The Morgan fingerprint density at radius 2 is 2.26 bits per heavy atom. The summed E-state index contributed by atoms with van der Waals surface area (Å²) in [6, 6.07) is 2.25. The Morgan fingerprint density at radius 1 is 1.53 bits per heavy atom. The lowest BCUT2D eigenvalue weighted by atomic mass is 9.99. The van der Waals surface area contributed by atoms with Crippen LogP contribution < -0.4 is 5.73 Å². The second kappa shape index (κ2) is 6.06. The fourth-order valence-electron chi connectivity index (χ4n) is 2.81. The second-order valence-corrected chi connectivity index (χ2v) is 6.86. The van der Waals surface area contributed by atoms with Gasteiger partial charge in [-0.3, -0.25) is 4.79 Å². The molecule has 1 fully saturated rings. The van der Waals surface area contributed by atoms with E-state index in [2.05, 4.69) is 32.2 Å². The van der Waals surface area contributed by atoms with Crippen LogP contribution in [0, 0.1) is 12.8 Å². The van der Waals surface area contributed by atoms with Crippen molar-refractivity contribution in [3.05, 3.63) is 21.9 Å². The highest BCUT2D eigenvalue weighted by Crippen LogP contribution is 2.35. The Balaban J connectivity index is 2.36. The van der Waals surface area contributed by atoms with Crippen LogP contribution in [0.15, 0.2) is 11.4 Å². The lowest BCUT2D eigenvalue weighted by Crippen LogP contribution is -2.43. The minimum absolute atomic E-state index is 0.0579. The van der Waals surface area contributed by atoms with Gasteiger partial charge in [-0.25, -0.2) is 0 Å². The fraction of sp³-hybridized carbons (Fsp3) is 0.667. The summed E-state index contributed by atoms with van der Waals surface area (Å²) in [5, 5.41) is 2.10. The molecule has 1 aromatic rings. The van der Waals surface area contributed by atoms with Gasteiger partial charge >= 0.3 is 0 Å². The summed E-state index contributed by atoms with van der Waals surface area (Å²) in [5.74, 6) is 0.733. The van der Waals surface area contributed by atoms with Crippen LogP contribution in [0.5, 0.6) is 0 Å². The van der Waals surface area contributed by atoms with Crippen LogP contribution in [0.25, 0.3) is 0 Å². The number of nitrogens with two attached hydrogens (primary N) is 1. The van der Waals surface area contributed by atoms with E-state index in [1.165, 1.54) is 10.4 Å². The monoisotopic (exact) mass is 280 g/mol. The highest BCUT2D eigenvalue weighted by Gasteiger charge is 2.34. The van der Waals surface area contributed by atoms with Gasteiger partial charge in [-0.15, -0.1) is 11.3 Å². The number of thiophene rings is 1. The van der Waals surface area contributed by atoms with Crippen molar-refractivity contribution in [2.75, 3.05) is 6.54 Å². The molecule has 0 bridgehead atoms. The van der Waals surface area contributed by atoms with Gasteiger partial charge in [0.1, 0.15) is 0 Å². The summed E-state index contributed by atoms with van der Waals surface area (Å²) in [6.07, 6.45) is 2.49. The average molecular weight is 280 g/mol. The van der Waals surface area contributed by atoms with Crippen molar-refractivity contribution in [3.63, 3.8) is 0 Å². The van der Waals surface area contributed by atoms with Gasteiger partial charge in [0.05, 0.1) is 6.04 Å². The summed E-state index contributed by atoms with van der Waals surface area (Å²) in [6.45, 7) is 7.22. The number of rotatable bonds is 3. The van der Waals surface area contributed by atoms with Crippen LogP contribution in [-0.4, -0.2) is 23.4 Å². The second-order valence-electron chi connectivity index (χ2n) is 5.91. The smallest absolute Gasteiger partial charge is 0.223 e. The summed E-state index contributed by atoms with van der Waals surface area (Å²) in [7, 11) is 0. The molecule has 2 N–H and O–H groups in total. The molecular weight excluding hydrogens is 256 g/mol. The van der Waals surface area contributed by atoms with Crippen molar-refractivity contribution in [2.24, 2.45) is 11.7 Å². The number of amides is 1. The first-order chi connectivity index (χ1) is 9.00. The first-order valence-electron chi connectivity index (χ1n) is 7.09. The van der Waals surface area contributed by atoms with Crippen LogP contribution in [0.3, 0.4) is 0 Å². The number of likely N-dealkylation sites (tertiary alicyclic amines) is 1. The third-order valence-corrected chi connectivity index (χ3v) is 4.81. The molecule has 2 unspecified atom stereocenters. The third kappa shape index (κ3) is 3.18. The van der Waals surface area contributed by atoms with E-state index in [0.717, 1.165) is 19.4 Å². The van der Waals surface area contributed by atoms with E-state index in [1.807, 2.05) is 4.90 Å². The zero-order valence-corrected chi connectivity index (χ0v) is 12.9. The lowest BCUT2D eigenvalue weighted by Gasteiger charge is -2.34. The Labute approximate surface area is 119 Å². The predicted octanol–water partition coefficient (Wildman–Crippen LogP) is 3.09. The molecular formula is C15H24N2OS. The highest BCUT2D eigenvalue weighted by molar-refractivity contribution is 7.10. The maximum atomic E-state index is 12.4. The molecule has 1 aliphatic rings. The minimum Gasteiger partial charge on any atom is -0.333 e. The highest BCUT2D eigenvalue weighted by atomic mass is 32.1. The van der Waals surface area contributed by atoms with E-state index in [9.17, 15) is 4.79 Å². The topological polar surface area (TPSA) is 46.3 Å². The Bertz CT molecular complexity index is 441. The van der Waals surface area contributed by atoms with Crippen molar-refractivity contribution in [1.82, 2.24) is 4.90 Å². The van der Waals surface area contributed by atoms with Gasteiger partial charge < -0.3 is 10.6 Å². The molecule has 2 heterocycles. The Morgan fingerprint density at radius 3 is 2.84 bits per heavy atom. The van der Waals surface area contributed by atoms with E-state index in [4.69, 9.17) is 5.73 Å². The average Bonchev–Trinajstić information content (AvgIpc) is 2.68. The van der Waals surface area contributed by atoms with Gasteiger partial charge in [0.25, 0.3) is 0 Å². The maximum absolute atomic E-state index is 12.4. The van der Waals surface area contributed by atoms with Gasteiger partial charge in [-0.05, 0) is 42.7 Å². The molecule has 1 aliphatic heterocycles. The van der Waals surface area contributed by atoms with Gasteiger partial charge in [0, 0.05) is 23.9 Å². The SMILES string of the molecule is Cc1ccsc1C1C(N)CCCC(=O)N1CC(C)C. The van der Waals surface area contributed by atoms with E-state index >= 15 is 0 Å². The number of aryl methyl sites for hydroxylation is 1. The number of nitrogens with zero attached hydrogens (tertiary/aromatic N) is 1. The zero-order chi connectivity index (χ0) is 14.0. The van der Waals surface area contributed by atoms with E-state index in [-0.39, 0.29) is 18.0 Å². The van der Waals surface area contributed by atoms with Gasteiger partial charge in [0.2, 0.25) is 5.91 Å². The minimum atomic E-state index is 0.0579. The molecule has 0 saturated carbocycles. The molecule has 19 heavy (non-hydrogen) atoms. The Kier molecular flexibility index (Phi) is 4.63. The lowest BCUT2D eigenvalue weighted by molar-refractivity contribution is -0.133. The predicted molar refractivity (Wildman–Crippen MR) is 80.2 cm³/mol. The summed E-state index contributed by atoms with van der Waals surface area (Å²) < 4.78 is 0. The van der Waals surface area contributed by atoms with Crippen LogP contribution >= 0.6 is 11.3 Å². The number of hydrogen-bond acceptors (Lipinski definition) is 3. The first kappa shape index (κ1) is 14.5. The van der Waals surface area contributed by atoms with Crippen molar-refractivity contribution in [3.8, 4) is 0 Å². The van der Waals surface area contributed by atoms with Crippen molar-refractivity contribution in [1.29, 1.82) is 0 Å². The Hall–Kier alpha value is -0.870. The van der Waals surface area contributed by atoms with Crippen LogP contribution in [0.4, 0.5) is 0 Å². The van der Waals surface area contributed by atoms with Gasteiger partial charge in [-0.2, -0.15) is 0 Å². The molecule has 2 atom stereocenters. The molecule has 2 rings (SSSR count). The van der Waals surface area contributed by atoms with Crippen LogP contribution in [0.2, 0.25) is 0 Å². The first-order valence-corrected chi connectivity index (χ1v) is 7.97. The molecule has 1 amide bonds.